The largest absolute Gasteiger partial charge is 0.360 e. The van der Waals surface area contributed by atoms with Gasteiger partial charge in [-0.2, -0.15) is 4.52 Å². The lowest BCUT2D eigenvalue weighted by molar-refractivity contribution is 0.913. The van der Waals surface area contributed by atoms with Crippen LogP contribution in [0.1, 0.15) is 6.92 Å². The SMILES string of the molecule is CCNc1nn2c(=O)c3cc(Cl)ccc3nc2s1. The van der Waals surface area contributed by atoms with Crippen molar-refractivity contribution in [3.63, 3.8) is 0 Å². The van der Waals surface area contributed by atoms with Crippen molar-refractivity contribution in [2.24, 2.45) is 0 Å². The number of fused-ring (bicyclic) bond motifs is 2. The molecular formula is C11H9ClN4OS. The van der Waals surface area contributed by atoms with Crippen molar-refractivity contribution in [2.45, 2.75) is 6.92 Å². The Morgan fingerprint density at radius 3 is 3.11 bits per heavy atom. The molecule has 92 valence electrons. The van der Waals surface area contributed by atoms with Crippen LogP contribution in [0.25, 0.3) is 15.9 Å². The molecule has 0 fully saturated rings. The lowest BCUT2D eigenvalue weighted by atomic mass is 10.2. The molecule has 0 amide bonds. The molecule has 0 saturated heterocycles. The monoisotopic (exact) mass is 280 g/mol. The first kappa shape index (κ1) is 11.4. The van der Waals surface area contributed by atoms with E-state index in [4.69, 9.17) is 11.6 Å². The number of hydrogen-bond donors (Lipinski definition) is 1. The Hall–Kier alpha value is -1.66. The summed E-state index contributed by atoms with van der Waals surface area (Å²) in [6, 6.07) is 5.08. The number of rotatable bonds is 2. The molecule has 5 nitrogen and oxygen atoms in total. The second kappa shape index (κ2) is 4.22. The summed E-state index contributed by atoms with van der Waals surface area (Å²) in [6.07, 6.45) is 0. The first-order valence-corrected chi connectivity index (χ1v) is 6.61. The lowest BCUT2D eigenvalue weighted by Crippen LogP contribution is -2.15. The van der Waals surface area contributed by atoms with Crippen LogP contribution < -0.4 is 10.9 Å². The average Bonchev–Trinajstić information content (AvgIpc) is 2.74. The molecule has 0 saturated carbocycles. The number of nitrogens with zero attached hydrogens (tertiary/aromatic N) is 3. The zero-order chi connectivity index (χ0) is 12.7. The standard InChI is InChI=1S/C11H9ClN4OS/c1-2-13-10-15-16-9(17)7-5-6(12)3-4-8(7)14-11(16)18-10/h3-5H,2H2,1H3,(H,13,15). The van der Waals surface area contributed by atoms with E-state index in [9.17, 15) is 4.79 Å². The van der Waals surface area contributed by atoms with Gasteiger partial charge in [0.1, 0.15) is 0 Å². The van der Waals surface area contributed by atoms with Crippen molar-refractivity contribution in [2.75, 3.05) is 11.9 Å². The molecule has 0 aliphatic rings. The number of benzene rings is 1. The normalized spacial score (nSPS) is 11.2. The Labute approximate surface area is 111 Å². The molecule has 1 aromatic carbocycles. The Morgan fingerprint density at radius 1 is 1.50 bits per heavy atom. The van der Waals surface area contributed by atoms with E-state index in [0.29, 0.717) is 26.0 Å². The van der Waals surface area contributed by atoms with Gasteiger partial charge in [0.2, 0.25) is 10.1 Å². The van der Waals surface area contributed by atoms with E-state index in [0.717, 1.165) is 6.54 Å². The fourth-order valence-electron chi connectivity index (χ4n) is 1.70. The van der Waals surface area contributed by atoms with Gasteiger partial charge in [0.05, 0.1) is 10.9 Å². The molecule has 3 aromatic rings. The summed E-state index contributed by atoms with van der Waals surface area (Å²) in [5.41, 5.74) is 0.439. The highest BCUT2D eigenvalue weighted by atomic mass is 35.5. The molecule has 18 heavy (non-hydrogen) atoms. The summed E-state index contributed by atoms with van der Waals surface area (Å²) in [7, 11) is 0. The van der Waals surface area contributed by atoms with E-state index in [1.807, 2.05) is 6.92 Å². The maximum absolute atomic E-state index is 12.2. The molecule has 0 radical (unpaired) electrons. The van der Waals surface area contributed by atoms with Crippen LogP contribution in [0.15, 0.2) is 23.0 Å². The second-order valence-electron chi connectivity index (χ2n) is 3.71. The van der Waals surface area contributed by atoms with Crippen LogP contribution in [0.3, 0.4) is 0 Å². The Balaban J connectivity index is 2.38. The highest BCUT2D eigenvalue weighted by molar-refractivity contribution is 7.20. The van der Waals surface area contributed by atoms with E-state index >= 15 is 0 Å². The molecule has 0 unspecified atom stereocenters. The molecule has 0 aliphatic heterocycles. The van der Waals surface area contributed by atoms with Crippen molar-refractivity contribution < 1.29 is 0 Å². The summed E-state index contributed by atoms with van der Waals surface area (Å²) in [6.45, 7) is 2.72. The van der Waals surface area contributed by atoms with Crippen molar-refractivity contribution in [1.29, 1.82) is 0 Å². The van der Waals surface area contributed by atoms with Crippen molar-refractivity contribution >= 4 is 43.9 Å². The molecule has 0 atom stereocenters. The third-order valence-electron chi connectivity index (χ3n) is 2.49. The summed E-state index contributed by atoms with van der Waals surface area (Å²) in [4.78, 5) is 17.2. The quantitative estimate of drug-likeness (QED) is 0.783. The Bertz CT molecular complexity index is 795. The van der Waals surface area contributed by atoms with E-state index in [1.165, 1.54) is 15.9 Å². The van der Waals surface area contributed by atoms with Gasteiger partial charge in [-0.15, -0.1) is 5.10 Å². The minimum atomic E-state index is -0.196. The van der Waals surface area contributed by atoms with Gasteiger partial charge in [-0.05, 0) is 25.1 Å². The summed E-state index contributed by atoms with van der Waals surface area (Å²) in [5, 5.41) is 8.94. The predicted molar refractivity (Wildman–Crippen MR) is 73.8 cm³/mol. The van der Waals surface area contributed by atoms with Gasteiger partial charge in [0.25, 0.3) is 5.56 Å². The minimum absolute atomic E-state index is 0.196. The minimum Gasteiger partial charge on any atom is -0.360 e. The van der Waals surface area contributed by atoms with Gasteiger partial charge < -0.3 is 5.32 Å². The van der Waals surface area contributed by atoms with Gasteiger partial charge in [0.15, 0.2) is 0 Å². The van der Waals surface area contributed by atoms with Crippen LogP contribution in [0.2, 0.25) is 5.02 Å². The van der Waals surface area contributed by atoms with Crippen LogP contribution in [-0.2, 0) is 0 Å². The highest BCUT2D eigenvalue weighted by Gasteiger charge is 2.10. The molecule has 7 heteroatoms. The number of halogens is 1. The zero-order valence-corrected chi connectivity index (χ0v) is 11.0. The summed E-state index contributed by atoms with van der Waals surface area (Å²) >= 11 is 7.24. The molecule has 0 aliphatic carbocycles. The maximum Gasteiger partial charge on any atom is 0.283 e. The smallest absolute Gasteiger partial charge is 0.283 e. The predicted octanol–water partition coefficient (Wildman–Crippen LogP) is 2.39. The van der Waals surface area contributed by atoms with Crippen molar-refractivity contribution in [1.82, 2.24) is 14.6 Å². The van der Waals surface area contributed by atoms with E-state index < -0.39 is 0 Å². The lowest BCUT2D eigenvalue weighted by Gasteiger charge is -1.97. The van der Waals surface area contributed by atoms with Gasteiger partial charge in [-0.25, -0.2) is 4.98 Å². The molecular weight excluding hydrogens is 272 g/mol. The topological polar surface area (TPSA) is 59.3 Å². The van der Waals surface area contributed by atoms with Crippen LogP contribution in [-0.4, -0.2) is 21.1 Å². The number of nitrogens with one attached hydrogen (secondary N) is 1. The molecule has 0 spiro atoms. The fraction of sp³-hybridized carbons (Fsp3) is 0.182. The summed E-state index contributed by atoms with van der Waals surface area (Å²) < 4.78 is 1.31. The zero-order valence-electron chi connectivity index (χ0n) is 9.48. The summed E-state index contributed by atoms with van der Waals surface area (Å²) in [5.74, 6) is 0. The molecule has 3 rings (SSSR count). The first-order valence-electron chi connectivity index (χ1n) is 5.42. The molecule has 1 N–H and O–H groups in total. The first-order chi connectivity index (χ1) is 8.69. The number of aromatic nitrogens is 3. The molecule has 0 bridgehead atoms. The highest BCUT2D eigenvalue weighted by Crippen LogP contribution is 2.20. The number of hydrogen-bond acceptors (Lipinski definition) is 5. The van der Waals surface area contributed by atoms with Gasteiger partial charge in [-0.3, -0.25) is 4.79 Å². The molecule has 2 aromatic heterocycles. The van der Waals surface area contributed by atoms with Gasteiger partial charge >= 0.3 is 0 Å². The van der Waals surface area contributed by atoms with Crippen molar-refractivity contribution in [3.05, 3.63) is 33.6 Å². The van der Waals surface area contributed by atoms with Crippen molar-refractivity contribution in [3.8, 4) is 0 Å². The fourth-order valence-corrected chi connectivity index (χ4v) is 2.74. The third-order valence-corrected chi connectivity index (χ3v) is 3.59. The Kier molecular flexibility index (Phi) is 2.68. The van der Waals surface area contributed by atoms with E-state index in [2.05, 4.69) is 15.4 Å². The van der Waals surface area contributed by atoms with E-state index in [1.54, 1.807) is 18.2 Å². The maximum atomic E-state index is 12.2. The van der Waals surface area contributed by atoms with Crippen LogP contribution in [0.4, 0.5) is 5.13 Å². The van der Waals surface area contributed by atoms with E-state index in [-0.39, 0.29) is 5.56 Å². The number of anilines is 1. The second-order valence-corrected chi connectivity index (χ2v) is 5.10. The van der Waals surface area contributed by atoms with Crippen LogP contribution >= 0.6 is 22.9 Å². The van der Waals surface area contributed by atoms with Gasteiger partial charge in [0, 0.05) is 11.6 Å². The van der Waals surface area contributed by atoms with Gasteiger partial charge in [-0.1, -0.05) is 22.9 Å². The Morgan fingerprint density at radius 2 is 2.33 bits per heavy atom. The van der Waals surface area contributed by atoms with Crippen LogP contribution in [0.5, 0.6) is 0 Å². The van der Waals surface area contributed by atoms with Crippen LogP contribution in [0, 0.1) is 0 Å². The average molecular weight is 281 g/mol. The third kappa shape index (κ3) is 1.74. The molecule has 2 heterocycles.